The molecule has 1 aliphatic rings. The van der Waals surface area contributed by atoms with Crippen molar-refractivity contribution >= 4 is 46.4 Å². The third-order valence-corrected chi connectivity index (χ3v) is 5.26. The molecule has 3 aromatic carbocycles. The van der Waals surface area contributed by atoms with E-state index in [1.807, 2.05) is 0 Å². The summed E-state index contributed by atoms with van der Waals surface area (Å²) in [4.78, 5) is 38.6. The molecular formula is C24H15ClF3N3O3. The molecule has 3 amide bonds. The molecule has 0 aliphatic carbocycles. The van der Waals surface area contributed by atoms with Gasteiger partial charge < -0.3 is 10.6 Å². The number of alkyl halides is 3. The van der Waals surface area contributed by atoms with E-state index >= 15 is 0 Å². The number of carbonyl (C=O) groups is 3. The number of para-hydroxylation sites is 1. The second kappa shape index (κ2) is 9.03. The Morgan fingerprint density at radius 2 is 1.50 bits per heavy atom. The predicted octanol–water partition coefficient (Wildman–Crippen LogP) is 5.39. The average Bonchev–Trinajstić information content (AvgIpc) is 3.02. The first kappa shape index (κ1) is 23.1. The largest absolute Gasteiger partial charge is 0.416 e. The summed E-state index contributed by atoms with van der Waals surface area (Å²) < 4.78 is 38.6. The maximum Gasteiger partial charge on any atom is 0.416 e. The number of nitrogens with zero attached hydrogens (tertiary/aromatic N) is 1. The summed E-state index contributed by atoms with van der Waals surface area (Å²) in [5.41, 5.74) is -0.0845. The molecule has 0 aromatic heterocycles. The van der Waals surface area contributed by atoms with Gasteiger partial charge in [0, 0.05) is 16.9 Å². The van der Waals surface area contributed by atoms with Crippen LogP contribution in [-0.2, 0) is 15.8 Å². The van der Waals surface area contributed by atoms with Crippen LogP contribution in [0.3, 0.4) is 0 Å². The second-order valence-electron chi connectivity index (χ2n) is 7.21. The van der Waals surface area contributed by atoms with Gasteiger partial charge >= 0.3 is 6.18 Å². The monoisotopic (exact) mass is 485 g/mol. The first-order chi connectivity index (χ1) is 16.1. The molecule has 0 unspecified atom stereocenters. The lowest BCUT2D eigenvalue weighted by molar-refractivity contribution is -0.137. The predicted molar refractivity (Wildman–Crippen MR) is 121 cm³/mol. The lowest BCUT2D eigenvalue weighted by Crippen LogP contribution is -2.32. The zero-order valence-electron chi connectivity index (χ0n) is 17.2. The summed E-state index contributed by atoms with van der Waals surface area (Å²) in [7, 11) is 0. The van der Waals surface area contributed by atoms with Gasteiger partial charge in [0.1, 0.15) is 10.7 Å². The first-order valence-corrected chi connectivity index (χ1v) is 10.2. The van der Waals surface area contributed by atoms with E-state index in [-0.39, 0.29) is 22.0 Å². The highest BCUT2D eigenvalue weighted by Gasteiger charge is 2.38. The summed E-state index contributed by atoms with van der Waals surface area (Å²) in [6.07, 6.45) is -4.53. The number of benzene rings is 3. The van der Waals surface area contributed by atoms with Crippen molar-refractivity contribution in [3.05, 3.63) is 101 Å². The Labute approximate surface area is 196 Å². The van der Waals surface area contributed by atoms with Crippen LogP contribution in [0.4, 0.5) is 30.2 Å². The number of rotatable bonds is 5. The number of carbonyl (C=O) groups excluding carboxylic acids is 3. The molecule has 6 nitrogen and oxygen atoms in total. The fourth-order valence-corrected chi connectivity index (χ4v) is 3.46. The molecular weight excluding hydrogens is 471 g/mol. The molecule has 4 rings (SSSR count). The van der Waals surface area contributed by atoms with E-state index in [0.717, 1.165) is 17.0 Å². The molecule has 172 valence electrons. The molecule has 0 radical (unpaired) electrons. The molecule has 0 saturated carbocycles. The van der Waals surface area contributed by atoms with E-state index in [0.29, 0.717) is 11.4 Å². The van der Waals surface area contributed by atoms with Gasteiger partial charge in [-0.25, -0.2) is 4.90 Å². The van der Waals surface area contributed by atoms with Crippen molar-refractivity contribution in [2.75, 3.05) is 15.5 Å². The molecule has 3 aromatic rings. The van der Waals surface area contributed by atoms with Crippen LogP contribution in [0.25, 0.3) is 0 Å². The van der Waals surface area contributed by atoms with E-state index < -0.39 is 29.5 Å². The lowest BCUT2D eigenvalue weighted by atomic mass is 10.1. The Morgan fingerprint density at radius 3 is 2.15 bits per heavy atom. The summed E-state index contributed by atoms with van der Waals surface area (Å²) >= 11 is 6.10. The number of anilines is 3. The van der Waals surface area contributed by atoms with Crippen molar-refractivity contribution in [3.63, 3.8) is 0 Å². The van der Waals surface area contributed by atoms with Crippen LogP contribution in [0.1, 0.15) is 15.9 Å². The zero-order chi connectivity index (χ0) is 24.5. The number of hydrogen-bond acceptors (Lipinski definition) is 4. The smallest absolute Gasteiger partial charge is 0.350 e. The highest BCUT2D eigenvalue weighted by atomic mass is 35.5. The summed E-state index contributed by atoms with van der Waals surface area (Å²) in [5.74, 6) is -1.92. The van der Waals surface area contributed by atoms with Crippen LogP contribution >= 0.6 is 11.6 Å². The van der Waals surface area contributed by atoms with E-state index in [4.69, 9.17) is 11.6 Å². The third kappa shape index (κ3) is 4.65. The Bertz CT molecular complexity index is 1310. The molecule has 0 saturated heterocycles. The first-order valence-electron chi connectivity index (χ1n) is 9.84. The Kier molecular flexibility index (Phi) is 6.12. The van der Waals surface area contributed by atoms with Crippen LogP contribution in [0, 0.1) is 0 Å². The van der Waals surface area contributed by atoms with Crippen LogP contribution in [0.15, 0.2) is 89.6 Å². The molecule has 34 heavy (non-hydrogen) atoms. The number of imide groups is 1. The van der Waals surface area contributed by atoms with Gasteiger partial charge in [-0.05, 0) is 54.6 Å². The van der Waals surface area contributed by atoms with Crippen molar-refractivity contribution in [2.24, 2.45) is 0 Å². The van der Waals surface area contributed by atoms with Gasteiger partial charge in [-0.1, -0.05) is 35.9 Å². The van der Waals surface area contributed by atoms with Crippen molar-refractivity contribution in [3.8, 4) is 0 Å². The fourth-order valence-electron chi connectivity index (χ4n) is 3.25. The topological polar surface area (TPSA) is 78.5 Å². The number of amides is 3. The molecule has 0 atom stereocenters. The van der Waals surface area contributed by atoms with Crippen molar-refractivity contribution in [1.29, 1.82) is 0 Å². The SMILES string of the molecule is O=C(Nc1cccc(C(F)(F)F)c1)c1ccc(NC2=C(Cl)C(=O)N(c3ccccc3)C2=O)cc1. The maximum absolute atomic E-state index is 12.9. The molecule has 0 spiro atoms. The van der Waals surface area contributed by atoms with Crippen LogP contribution < -0.4 is 15.5 Å². The number of halogens is 4. The molecule has 1 aliphatic heterocycles. The summed E-state index contributed by atoms with van der Waals surface area (Å²) in [6, 6.07) is 18.4. The average molecular weight is 486 g/mol. The molecule has 10 heteroatoms. The van der Waals surface area contributed by atoms with Crippen LogP contribution in [0.2, 0.25) is 0 Å². The lowest BCUT2D eigenvalue weighted by Gasteiger charge is -2.15. The molecule has 2 N–H and O–H groups in total. The van der Waals surface area contributed by atoms with Gasteiger partial charge in [-0.15, -0.1) is 0 Å². The van der Waals surface area contributed by atoms with E-state index in [9.17, 15) is 27.6 Å². The van der Waals surface area contributed by atoms with E-state index in [2.05, 4.69) is 10.6 Å². The molecule has 0 fully saturated rings. The Balaban J connectivity index is 1.46. The quantitative estimate of drug-likeness (QED) is 0.475. The van der Waals surface area contributed by atoms with E-state index in [1.54, 1.807) is 30.3 Å². The molecule has 0 bridgehead atoms. The van der Waals surface area contributed by atoms with E-state index in [1.165, 1.54) is 36.4 Å². The maximum atomic E-state index is 12.9. The molecule has 1 heterocycles. The van der Waals surface area contributed by atoms with Crippen molar-refractivity contribution in [2.45, 2.75) is 6.18 Å². The zero-order valence-corrected chi connectivity index (χ0v) is 17.9. The van der Waals surface area contributed by atoms with Gasteiger partial charge in [0.2, 0.25) is 0 Å². The Morgan fingerprint density at radius 1 is 0.824 bits per heavy atom. The van der Waals surface area contributed by atoms with Gasteiger partial charge in [-0.2, -0.15) is 13.2 Å². The van der Waals surface area contributed by atoms with Crippen LogP contribution in [0.5, 0.6) is 0 Å². The highest BCUT2D eigenvalue weighted by molar-refractivity contribution is 6.53. The summed E-state index contributed by atoms with van der Waals surface area (Å²) in [6.45, 7) is 0. The Hall–Kier alpha value is -4.11. The van der Waals surface area contributed by atoms with Gasteiger partial charge in [0.05, 0.1) is 11.3 Å². The number of nitrogens with one attached hydrogen (secondary N) is 2. The fraction of sp³-hybridized carbons (Fsp3) is 0.0417. The minimum absolute atomic E-state index is 0.00460. The minimum atomic E-state index is -4.53. The van der Waals surface area contributed by atoms with Gasteiger partial charge in [0.25, 0.3) is 17.7 Å². The highest BCUT2D eigenvalue weighted by Crippen LogP contribution is 2.31. The summed E-state index contributed by atoms with van der Waals surface area (Å²) in [5, 5.41) is 4.92. The third-order valence-electron chi connectivity index (χ3n) is 4.91. The van der Waals surface area contributed by atoms with Gasteiger partial charge in [-0.3, -0.25) is 14.4 Å². The second-order valence-corrected chi connectivity index (χ2v) is 7.58. The standard InChI is InChI=1S/C24H15ClF3N3O3/c25-19-20(23(34)31(22(19)33)18-7-2-1-3-8-18)29-16-11-9-14(10-12-16)21(32)30-17-6-4-5-15(13-17)24(26,27)28/h1-13,29H,(H,30,32). The van der Waals surface area contributed by atoms with Crippen molar-refractivity contribution < 1.29 is 27.6 Å². The number of hydrogen-bond donors (Lipinski definition) is 2. The van der Waals surface area contributed by atoms with Crippen LogP contribution in [-0.4, -0.2) is 17.7 Å². The minimum Gasteiger partial charge on any atom is -0.350 e. The van der Waals surface area contributed by atoms with Crippen molar-refractivity contribution in [1.82, 2.24) is 0 Å². The van der Waals surface area contributed by atoms with Gasteiger partial charge in [0.15, 0.2) is 0 Å². The normalized spacial score (nSPS) is 13.9.